The van der Waals surface area contributed by atoms with Crippen LogP contribution in [0.15, 0.2) is 30.3 Å². The van der Waals surface area contributed by atoms with Crippen molar-refractivity contribution in [2.45, 2.75) is 90.8 Å². The van der Waals surface area contributed by atoms with Crippen molar-refractivity contribution >= 4 is 39.1 Å². The monoisotopic (exact) mass is 691 g/mol. The lowest BCUT2D eigenvalue weighted by Crippen LogP contribution is -2.48. The van der Waals surface area contributed by atoms with E-state index in [4.69, 9.17) is 9.47 Å². The number of rotatable bonds is 11. The molecule has 2 aromatic carbocycles. The molecule has 0 radical (unpaired) electrons. The topological polar surface area (TPSA) is 89.6 Å². The minimum Gasteiger partial charge on any atom is -0.496 e. The highest BCUT2D eigenvalue weighted by Crippen LogP contribution is 2.49. The highest BCUT2D eigenvalue weighted by atomic mass is 32.1. The third kappa shape index (κ3) is 7.80. The maximum atomic E-state index is 13.7. The number of halogens is 4. The molecule has 3 fully saturated rings. The van der Waals surface area contributed by atoms with Crippen LogP contribution in [0.3, 0.4) is 0 Å². The number of amides is 2. The molecule has 2 heterocycles. The molecule has 2 N–H and O–H groups in total. The summed E-state index contributed by atoms with van der Waals surface area (Å²) in [6.07, 6.45) is 5.70. The number of benzene rings is 2. The van der Waals surface area contributed by atoms with Crippen LogP contribution in [0.25, 0.3) is 10.2 Å². The fourth-order valence-corrected chi connectivity index (χ4v) is 8.65. The number of nitrogens with zero attached hydrogens (tertiary/aromatic N) is 1. The fourth-order valence-electron chi connectivity index (χ4n) is 7.70. The first kappa shape index (κ1) is 36.0. The molecule has 1 aromatic heterocycles. The SMILES string of the molecule is CCCCCC1(CCC)COC1.COc1ccc2nc(C)sc2c1C(=O)NC1C2CCC(C2)C1C(=O)Nc1ccc(F)c(C(F)(F)F)c1. The molecule has 7 nitrogen and oxygen atoms in total. The lowest BCUT2D eigenvalue weighted by Gasteiger charge is -2.41. The summed E-state index contributed by atoms with van der Waals surface area (Å²) in [5.74, 6) is -2.47. The molecule has 2 amide bonds. The number of hydrogen-bond donors (Lipinski definition) is 2. The molecule has 2 saturated carbocycles. The molecule has 12 heteroatoms. The maximum absolute atomic E-state index is 13.7. The molecule has 262 valence electrons. The van der Waals surface area contributed by atoms with Gasteiger partial charge in [0, 0.05) is 17.1 Å². The minimum atomic E-state index is -4.89. The first-order chi connectivity index (χ1) is 22.9. The molecule has 1 saturated heterocycles. The number of nitrogens with one attached hydrogen (secondary N) is 2. The van der Waals surface area contributed by atoms with Crippen molar-refractivity contribution in [3.8, 4) is 5.75 Å². The Morgan fingerprint density at radius 2 is 1.81 bits per heavy atom. The Kier molecular flexibility index (Phi) is 11.3. The zero-order chi connectivity index (χ0) is 34.6. The minimum absolute atomic E-state index is 0.00817. The summed E-state index contributed by atoms with van der Waals surface area (Å²) in [7, 11) is 1.47. The molecule has 48 heavy (non-hydrogen) atoms. The predicted molar refractivity (Wildman–Crippen MR) is 179 cm³/mol. The van der Waals surface area contributed by atoms with Crippen molar-refractivity contribution in [3.63, 3.8) is 0 Å². The molecule has 4 atom stereocenters. The Labute approximate surface area is 283 Å². The summed E-state index contributed by atoms with van der Waals surface area (Å²) in [5.41, 5.74) is 0.0221. The normalized spacial score (nSPS) is 22.5. The van der Waals surface area contributed by atoms with Crippen LogP contribution in [0.2, 0.25) is 0 Å². The quantitative estimate of drug-likeness (QED) is 0.155. The number of carbonyl (C=O) groups is 2. The lowest BCUT2D eigenvalue weighted by atomic mass is 9.77. The van der Waals surface area contributed by atoms with Crippen LogP contribution < -0.4 is 15.4 Å². The van der Waals surface area contributed by atoms with Gasteiger partial charge >= 0.3 is 6.18 Å². The molecule has 3 aromatic rings. The molecule has 0 spiro atoms. The van der Waals surface area contributed by atoms with E-state index >= 15 is 0 Å². The maximum Gasteiger partial charge on any atom is 0.419 e. The number of ether oxygens (including phenoxy) is 2. The second kappa shape index (κ2) is 15.1. The predicted octanol–water partition coefficient (Wildman–Crippen LogP) is 8.94. The van der Waals surface area contributed by atoms with Crippen molar-refractivity contribution in [3.05, 3.63) is 52.3 Å². The van der Waals surface area contributed by atoms with Gasteiger partial charge in [-0.05, 0) is 81.2 Å². The molecule has 2 bridgehead atoms. The van der Waals surface area contributed by atoms with Crippen LogP contribution in [0.4, 0.5) is 23.2 Å². The van der Waals surface area contributed by atoms with E-state index in [0.717, 1.165) is 43.6 Å². The van der Waals surface area contributed by atoms with Gasteiger partial charge in [0.2, 0.25) is 5.91 Å². The van der Waals surface area contributed by atoms with E-state index in [2.05, 4.69) is 29.5 Å². The van der Waals surface area contributed by atoms with E-state index in [1.807, 2.05) is 6.92 Å². The van der Waals surface area contributed by atoms with Crippen LogP contribution in [-0.4, -0.2) is 43.2 Å². The van der Waals surface area contributed by atoms with E-state index < -0.39 is 41.3 Å². The summed E-state index contributed by atoms with van der Waals surface area (Å²) in [6, 6.07) is 5.33. The molecule has 6 rings (SSSR count). The number of thiazole rings is 1. The Morgan fingerprint density at radius 3 is 2.46 bits per heavy atom. The third-order valence-corrected chi connectivity index (χ3v) is 11.0. The van der Waals surface area contributed by atoms with Crippen LogP contribution in [0, 0.1) is 35.9 Å². The van der Waals surface area contributed by atoms with E-state index in [9.17, 15) is 27.2 Å². The summed E-state index contributed by atoms with van der Waals surface area (Å²) in [6.45, 7) is 8.45. The van der Waals surface area contributed by atoms with Crippen LogP contribution in [0.5, 0.6) is 5.75 Å². The lowest BCUT2D eigenvalue weighted by molar-refractivity contribution is -0.140. The Balaban J connectivity index is 0.000000318. The average Bonchev–Trinajstić information content (AvgIpc) is 3.74. The second-order valence-electron chi connectivity index (χ2n) is 13.5. The van der Waals surface area contributed by atoms with Gasteiger partial charge in [0.25, 0.3) is 5.91 Å². The third-order valence-electron chi connectivity index (χ3n) is 10.0. The van der Waals surface area contributed by atoms with Gasteiger partial charge in [0.1, 0.15) is 17.1 Å². The molecule has 4 unspecified atom stereocenters. The number of carbonyl (C=O) groups excluding carboxylic acids is 2. The molecule has 1 aliphatic heterocycles. The molecule has 3 aliphatic rings. The zero-order valence-electron chi connectivity index (χ0n) is 28.0. The van der Waals surface area contributed by atoms with E-state index in [1.54, 1.807) is 12.1 Å². The largest absolute Gasteiger partial charge is 0.496 e. The zero-order valence-corrected chi connectivity index (χ0v) is 28.8. The number of hydrogen-bond acceptors (Lipinski definition) is 6. The van der Waals surface area contributed by atoms with E-state index in [0.29, 0.717) is 39.1 Å². The second-order valence-corrected chi connectivity index (χ2v) is 14.7. The van der Waals surface area contributed by atoms with Crippen LogP contribution >= 0.6 is 11.3 Å². The van der Waals surface area contributed by atoms with Gasteiger partial charge < -0.3 is 20.1 Å². The molecule has 2 aliphatic carbocycles. The summed E-state index contributed by atoms with van der Waals surface area (Å²) in [5, 5.41) is 6.33. The highest BCUT2D eigenvalue weighted by Gasteiger charge is 2.51. The Hall–Kier alpha value is -3.25. The van der Waals surface area contributed by atoms with Gasteiger partial charge in [-0.2, -0.15) is 13.2 Å². The number of unbranched alkanes of at least 4 members (excludes halogenated alkanes) is 2. The highest BCUT2D eigenvalue weighted by molar-refractivity contribution is 7.19. The Bertz CT molecular complexity index is 1610. The standard InChI is InChI=1S/C25H23F4N3O3S.C11H22O/c1-11-30-17-7-8-18(35-2)20(22(17)36-11)24(34)32-21-13-4-3-12(9-13)19(21)23(33)31-14-5-6-16(26)15(10-14)25(27,28)29;1-3-5-6-8-11(7-4-2)9-12-10-11/h5-8,10,12-13,19,21H,3-4,9H2,1-2H3,(H,31,33)(H,32,34);3-10H2,1-2H3. The van der Waals surface area contributed by atoms with Gasteiger partial charge in [-0.1, -0.05) is 39.5 Å². The fraction of sp³-hybridized carbons (Fsp3) is 0.583. The van der Waals surface area contributed by atoms with Crippen molar-refractivity contribution in [2.75, 3.05) is 25.6 Å². The van der Waals surface area contributed by atoms with Crippen LogP contribution in [0.1, 0.15) is 92.6 Å². The van der Waals surface area contributed by atoms with Crippen molar-refractivity contribution in [2.24, 2.45) is 23.2 Å². The number of fused-ring (bicyclic) bond motifs is 3. The van der Waals surface area contributed by atoms with Crippen LogP contribution in [-0.2, 0) is 15.7 Å². The summed E-state index contributed by atoms with van der Waals surface area (Å²) in [4.78, 5) is 31.2. The van der Waals surface area contributed by atoms with Crippen molar-refractivity contribution < 1.29 is 36.6 Å². The number of aryl methyl sites for hydroxylation is 1. The van der Waals surface area contributed by atoms with Gasteiger partial charge in [0.05, 0.1) is 47.0 Å². The number of aromatic nitrogens is 1. The van der Waals surface area contributed by atoms with Crippen molar-refractivity contribution in [1.29, 1.82) is 0 Å². The summed E-state index contributed by atoms with van der Waals surface area (Å²) < 4.78 is 64.5. The smallest absolute Gasteiger partial charge is 0.419 e. The average molecular weight is 692 g/mol. The number of anilines is 1. The van der Waals surface area contributed by atoms with Gasteiger partial charge in [-0.25, -0.2) is 9.37 Å². The van der Waals surface area contributed by atoms with E-state index in [1.165, 1.54) is 57.0 Å². The number of alkyl halides is 3. The van der Waals surface area contributed by atoms with E-state index in [-0.39, 0.29) is 17.5 Å². The van der Waals surface area contributed by atoms with Gasteiger partial charge in [-0.3, -0.25) is 9.59 Å². The molecular weight excluding hydrogens is 646 g/mol. The summed E-state index contributed by atoms with van der Waals surface area (Å²) >= 11 is 1.37. The Morgan fingerprint density at radius 1 is 1.06 bits per heavy atom. The molecular formula is C36H45F4N3O4S. The van der Waals surface area contributed by atoms with Crippen molar-refractivity contribution in [1.82, 2.24) is 10.3 Å². The number of methoxy groups -OCH3 is 1. The first-order valence-corrected chi connectivity index (χ1v) is 17.7. The first-order valence-electron chi connectivity index (χ1n) is 16.9. The van der Waals surface area contributed by atoms with Gasteiger partial charge in [-0.15, -0.1) is 11.3 Å². The van der Waals surface area contributed by atoms with Gasteiger partial charge in [0.15, 0.2) is 0 Å².